The number of carbonyl (C=O) groups is 1. The van der Waals surface area contributed by atoms with Crippen LogP contribution >= 0.6 is 11.6 Å². The molecule has 4 nitrogen and oxygen atoms in total. The number of aromatic nitrogens is 1. The smallest absolute Gasteiger partial charge is 0.273 e. The highest BCUT2D eigenvalue weighted by Gasteiger charge is 2.24. The maximum atomic E-state index is 13.6. The highest BCUT2D eigenvalue weighted by Crippen LogP contribution is 2.23. The number of carbonyl (C=O) groups excluding carboxylic acids is 1. The Labute approximate surface area is 116 Å². The molecule has 1 aromatic rings. The van der Waals surface area contributed by atoms with Crippen LogP contribution in [0.5, 0.6) is 0 Å². The summed E-state index contributed by atoms with van der Waals surface area (Å²) in [6.45, 7) is 0.327. The summed E-state index contributed by atoms with van der Waals surface area (Å²) in [5.74, 6) is -1.39. The summed E-state index contributed by atoms with van der Waals surface area (Å²) < 4.78 is 13.6. The second-order valence-corrected chi connectivity index (χ2v) is 5.18. The molecule has 1 aromatic heterocycles. The number of nitrogens with zero attached hydrogens (tertiary/aromatic N) is 1. The van der Waals surface area contributed by atoms with E-state index >= 15 is 0 Å². The first kappa shape index (κ1) is 14.2. The van der Waals surface area contributed by atoms with Gasteiger partial charge in [-0.2, -0.15) is 0 Å². The summed E-state index contributed by atoms with van der Waals surface area (Å²) in [4.78, 5) is 15.5. The van der Waals surface area contributed by atoms with Gasteiger partial charge in [0.2, 0.25) is 0 Å². The molecule has 1 aliphatic rings. The van der Waals surface area contributed by atoms with Gasteiger partial charge < -0.3 is 10.4 Å². The number of amides is 1. The minimum absolute atomic E-state index is 0.0277. The Morgan fingerprint density at radius 3 is 3.00 bits per heavy atom. The van der Waals surface area contributed by atoms with Crippen molar-refractivity contribution in [3.8, 4) is 0 Å². The number of halogens is 2. The second-order valence-electron chi connectivity index (χ2n) is 4.78. The van der Waals surface area contributed by atoms with Gasteiger partial charge in [0.25, 0.3) is 5.91 Å². The Balaban J connectivity index is 1.95. The van der Waals surface area contributed by atoms with Crippen molar-refractivity contribution in [3.05, 3.63) is 28.8 Å². The molecule has 2 rings (SSSR count). The Bertz CT molecular complexity index is 470. The molecule has 0 aromatic carbocycles. The van der Waals surface area contributed by atoms with Gasteiger partial charge in [0.15, 0.2) is 11.5 Å². The largest absolute Gasteiger partial charge is 0.393 e. The molecule has 19 heavy (non-hydrogen) atoms. The van der Waals surface area contributed by atoms with Crippen LogP contribution in [0.4, 0.5) is 4.39 Å². The van der Waals surface area contributed by atoms with Crippen LogP contribution < -0.4 is 5.32 Å². The van der Waals surface area contributed by atoms with Crippen molar-refractivity contribution in [1.82, 2.24) is 10.3 Å². The molecule has 6 heteroatoms. The molecule has 1 aliphatic carbocycles. The standard InChI is InChI=1S/C13H16ClFN2O2/c14-9-5-6-16-12(11(9)15)13(19)17-7-8-3-1-2-4-10(8)18/h5-6,8,10,18H,1-4,7H2,(H,17,19). The van der Waals surface area contributed by atoms with Crippen LogP contribution in [0.1, 0.15) is 36.2 Å². The van der Waals surface area contributed by atoms with Gasteiger partial charge in [-0.05, 0) is 18.9 Å². The fraction of sp³-hybridized carbons (Fsp3) is 0.538. The lowest BCUT2D eigenvalue weighted by atomic mass is 9.86. The molecule has 2 atom stereocenters. The summed E-state index contributed by atoms with van der Waals surface area (Å²) in [5.41, 5.74) is -0.308. The van der Waals surface area contributed by atoms with Crippen molar-refractivity contribution in [1.29, 1.82) is 0 Å². The van der Waals surface area contributed by atoms with Crippen LogP contribution in [-0.4, -0.2) is 28.6 Å². The predicted octanol–water partition coefficient (Wildman–Crippen LogP) is 2.16. The summed E-state index contributed by atoms with van der Waals surface area (Å²) in [6, 6.07) is 1.29. The molecule has 104 valence electrons. The molecule has 0 spiro atoms. The molecular formula is C13H16ClFN2O2. The number of nitrogens with one attached hydrogen (secondary N) is 1. The van der Waals surface area contributed by atoms with E-state index in [4.69, 9.17) is 11.6 Å². The van der Waals surface area contributed by atoms with Crippen LogP contribution in [0, 0.1) is 11.7 Å². The molecule has 0 aliphatic heterocycles. The highest BCUT2D eigenvalue weighted by molar-refractivity contribution is 6.31. The van der Waals surface area contributed by atoms with Crippen molar-refractivity contribution in [2.75, 3.05) is 6.54 Å². The number of aliphatic hydroxyl groups excluding tert-OH is 1. The fourth-order valence-electron chi connectivity index (χ4n) is 2.31. The van der Waals surface area contributed by atoms with E-state index in [9.17, 15) is 14.3 Å². The van der Waals surface area contributed by atoms with E-state index in [-0.39, 0.29) is 16.6 Å². The highest BCUT2D eigenvalue weighted by atomic mass is 35.5. The number of hydrogen-bond acceptors (Lipinski definition) is 3. The number of aliphatic hydroxyl groups is 1. The molecule has 2 unspecified atom stereocenters. The average molecular weight is 287 g/mol. The first-order valence-corrected chi connectivity index (χ1v) is 6.73. The number of rotatable bonds is 3. The summed E-state index contributed by atoms with van der Waals surface area (Å²) in [6.07, 6.45) is 4.57. The van der Waals surface area contributed by atoms with Gasteiger partial charge in [0.05, 0.1) is 11.1 Å². The maximum absolute atomic E-state index is 13.6. The van der Waals surface area contributed by atoms with Crippen LogP contribution in [0.2, 0.25) is 5.02 Å². The van der Waals surface area contributed by atoms with Gasteiger partial charge in [0.1, 0.15) is 0 Å². The van der Waals surface area contributed by atoms with Gasteiger partial charge in [-0.25, -0.2) is 9.37 Å². The monoisotopic (exact) mass is 286 g/mol. The number of hydrogen-bond donors (Lipinski definition) is 2. The van der Waals surface area contributed by atoms with Crippen LogP contribution in [-0.2, 0) is 0 Å². The first-order valence-electron chi connectivity index (χ1n) is 6.36. The van der Waals surface area contributed by atoms with E-state index in [1.807, 2.05) is 0 Å². The van der Waals surface area contributed by atoms with E-state index in [0.717, 1.165) is 25.7 Å². The number of pyridine rings is 1. The predicted molar refractivity (Wildman–Crippen MR) is 69.5 cm³/mol. The minimum Gasteiger partial charge on any atom is -0.393 e. The van der Waals surface area contributed by atoms with Crippen LogP contribution in [0.15, 0.2) is 12.3 Å². The average Bonchev–Trinajstić information content (AvgIpc) is 2.40. The van der Waals surface area contributed by atoms with Crippen molar-refractivity contribution in [3.63, 3.8) is 0 Å². The molecule has 0 bridgehead atoms. The molecular weight excluding hydrogens is 271 g/mol. The van der Waals surface area contributed by atoms with Crippen molar-refractivity contribution in [2.24, 2.45) is 5.92 Å². The molecule has 1 amide bonds. The lowest BCUT2D eigenvalue weighted by molar-refractivity contribution is 0.0660. The molecule has 0 radical (unpaired) electrons. The zero-order valence-electron chi connectivity index (χ0n) is 10.4. The molecule has 2 N–H and O–H groups in total. The zero-order valence-corrected chi connectivity index (χ0v) is 11.2. The molecule has 0 saturated heterocycles. The van der Waals surface area contributed by atoms with Gasteiger partial charge in [-0.3, -0.25) is 4.79 Å². The summed E-state index contributed by atoms with van der Waals surface area (Å²) in [5, 5.41) is 12.3. The van der Waals surface area contributed by atoms with E-state index in [0.29, 0.717) is 6.54 Å². The normalized spacial score (nSPS) is 23.1. The van der Waals surface area contributed by atoms with Crippen LogP contribution in [0.3, 0.4) is 0 Å². The van der Waals surface area contributed by atoms with E-state index in [1.54, 1.807) is 0 Å². The SMILES string of the molecule is O=C(NCC1CCCCC1O)c1nccc(Cl)c1F. The topological polar surface area (TPSA) is 62.2 Å². The second kappa shape index (κ2) is 6.30. The lowest BCUT2D eigenvalue weighted by Gasteiger charge is -2.27. The fourth-order valence-corrected chi connectivity index (χ4v) is 2.46. The Hall–Kier alpha value is -1.20. The van der Waals surface area contributed by atoms with E-state index in [1.165, 1.54) is 12.3 Å². The summed E-state index contributed by atoms with van der Waals surface area (Å²) in [7, 11) is 0. The van der Waals surface area contributed by atoms with Gasteiger partial charge in [0, 0.05) is 18.7 Å². The molecule has 1 fully saturated rings. The zero-order chi connectivity index (χ0) is 13.8. The Morgan fingerprint density at radius 1 is 1.53 bits per heavy atom. The van der Waals surface area contributed by atoms with Crippen molar-refractivity contribution in [2.45, 2.75) is 31.8 Å². The molecule has 1 saturated carbocycles. The maximum Gasteiger partial charge on any atom is 0.273 e. The van der Waals surface area contributed by atoms with Crippen LogP contribution in [0.25, 0.3) is 0 Å². The van der Waals surface area contributed by atoms with Gasteiger partial charge in [-0.15, -0.1) is 0 Å². The summed E-state index contributed by atoms with van der Waals surface area (Å²) >= 11 is 5.59. The van der Waals surface area contributed by atoms with E-state index in [2.05, 4.69) is 10.3 Å². The first-order chi connectivity index (χ1) is 9.09. The van der Waals surface area contributed by atoms with Crippen molar-refractivity contribution >= 4 is 17.5 Å². The minimum atomic E-state index is -0.814. The lowest BCUT2D eigenvalue weighted by Crippen LogP contribution is -2.37. The Morgan fingerprint density at radius 2 is 2.26 bits per heavy atom. The quantitative estimate of drug-likeness (QED) is 0.895. The van der Waals surface area contributed by atoms with Gasteiger partial charge in [-0.1, -0.05) is 24.4 Å². The third-order valence-corrected chi connectivity index (χ3v) is 3.74. The molecule has 1 heterocycles. The van der Waals surface area contributed by atoms with E-state index < -0.39 is 17.8 Å². The van der Waals surface area contributed by atoms with Crippen molar-refractivity contribution < 1.29 is 14.3 Å². The third-order valence-electron chi connectivity index (χ3n) is 3.45. The van der Waals surface area contributed by atoms with Gasteiger partial charge >= 0.3 is 0 Å². The third kappa shape index (κ3) is 3.42. The Kier molecular flexibility index (Phi) is 4.71.